The van der Waals surface area contributed by atoms with Crippen LogP contribution in [0.2, 0.25) is 0 Å². The molecule has 1 saturated heterocycles. The Balaban J connectivity index is 1.53. The summed E-state index contributed by atoms with van der Waals surface area (Å²) in [6.45, 7) is 6.53. The molecule has 0 saturated carbocycles. The van der Waals surface area contributed by atoms with E-state index in [-0.39, 0.29) is 5.91 Å². The minimum Gasteiger partial charge on any atom is -0.390 e. The van der Waals surface area contributed by atoms with E-state index in [9.17, 15) is 9.90 Å². The highest BCUT2D eigenvalue weighted by molar-refractivity contribution is 5.95. The van der Waals surface area contributed by atoms with Crippen molar-refractivity contribution in [1.29, 1.82) is 0 Å². The van der Waals surface area contributed by atoms with Crippen LogP contribution in [0.3, 0.4) is 0 Å². The number of carbonyl (C=O) groups excluding carboxylic acids is 1. The largest absolute Gasteiger partial charge is 0.390 e. The predicted molar refractivity (Wildman–Crippen MR) is 105 cm³/mol. The molecule has 1 aliphatic rings. The second kappa shape index (κ2) is 8.02. The van der Waals surface area contributed by atoms with Crippen molar-refractivity contribution in [2.24, 2.45) is 0 Å². The van der Waals surface area contributed by atoms with Crippen LogP contribution in [0, 0.1) is 0 Å². The topological polar surface area (TPSA) is 43.8 Å². The Hall–Kier alpha value is -2.17. The normalized spacial score (nSPS) is 16.1. The van der Waals surface area contributed by atoms with Crippen molar-refractivity contribution in [3.05, 3.63) is 65.7 Å². The lowest BCUT2D eigenvalue weighted by Gasteiger charge is -2.34. The first kappa shape index (κ1) is 18.6. The summed E-state index contributed by atoms with van der Waals surface area (Å²) in [5.74, 6) is 0.157. The first-order valence-corrected chi connectivity index (χ1v) is 9.29. The van der Waals surface area contributed by atoms with Gasteiger partial charge in [0.25, 0.3) is 0 Å². The molecule has 3 rings (SSSR count). The highest BCUT2D eigenvalue weighted by Crippen LogP contribution is 2.18. The van der Waals surface area contributed by atoms with E-state index in [1.54, 1.807) is 0 Å². The third-order valence-electron chi connectivity index (χ3n) is 4.82. The molecule has 4 heteroatoms. The van der Waals surface area contributed by atoms with Crippen LogP contribution >= 0.6 is 0 Å². The fraction of sp³-hybridized carbons (Fsp3) is 0.409. The molecule has 0 radical (unpaired) electrons. The van der Waals surface area contributed by atoms with Crippen molar-refractivity contribution in [3.63, 3.8) is 0 Å². The molecule has 2 aromatic carbocycles. The fourth-order valence-corrected chi connectivity index (χ4v) is 3.26. The zero-order chi connectivity index (χ0) is 18.6. The summed E-state index contributed by atoms with van der Waals surface area (Å²) in [5.41, 5.74) is 2.81. The van der Waals surface area contributed by atoms with Gasteiger partial charge in [-0.2, -0.15) is 0 Å². The summed E-state index contributed by atoms with van der Waals surface area (Å²) in [7, 11) is 0. The number of hydrogen-bond donors (Lipinski definition) is 1. The highest BCUT2D eigenvalue weighted by atomic mass is 16.3. The molecule has 2 aromatic rings. The average molecular weight is 352 g/mol. The van der Waals surface area contributed by atoms with Crippen molar-refractivity contribution in [1.82, 2.24) is 4.90 Å². The van der Waals surface area contributed by atoms with Crippen molar-refractivity contribution in [2.45, 2.75) is 38.8 Å². The first-order valence-electron chi connectivity index (χ1n) is 9.29. The van der Waals surface area contributed by atoms with Crippen LogP contribution in [0.5, 0.6) is 0 Å². The Labute approximate surface area is 156 Å². The quantitative estimate of drug-likeness (QED) is 0.868. The summed E-state index contributed by atoms with van der Waals surface area (Å²) < 4.78 is 0. The molecule has 1 heterocycles. The fourth-order valence-electron chi connectivity index (χ4n) is 3.26. The molecule has 0 bridgehead atoms. The maximum Gasteiger partial charge on any atom is 0.241 e. The zero-order valence-electron chi connectivity index (χ0n) is 15.7. The van der Waals surface area contributed by atoms with Gasteiger partial charge in [-0.3, -0.25) is 9.69 Å². The van der Waals surface area contributed by atoms with Gasteiger partial charge in [0.15, 0.2) is 0 Å². The first-order chi connectivity index (χ1) is 12.4. The summed E-state index contributed by atoms with van der Waals surface area (Å²) in [6.07, 6.45) is 1.63. The lowest BCUT2D eigenvalue weighted by molar-refractivity contribution is -0.121. The van der Waals surface area contributed by atoms with Crippen molar-refractivity contribution in [2.75, 3.05) is 24.5 Å². The minimum absolute atomic E-state index is 0.157. The molecule has 138 valence electrons. The van der Waals surface area contributed by atoms with Crippen molar-refractivity contribution < 1.29 is 9.90 Å². The number of anilines is 1. The number of rotatable bonds is 6. The summed E-state index contributed by atoms with van der Waals surface area (Å²) in [4.78, 5) is 16.6. The van der Waals surface area contributed by atoms with Gasteiger partial charge < -0.3 is 10.0 Å². The Morgan fingerprint density at radius 1 is 0.962 bits per heavy atom. The van der Waals surface area contributed by atoms with Crippen LogP contribution < -0.4 is 4.90 Å². The summed E-state index contributed by atoms with van der Waals surface area (Å²) >= 11 is 0. The van der Waals surface area contributed by atoms with Gasteiger partial charge in [-0.15, -0.1) is 0 Å². The van der Waals surface area contributed by atoms with E-state index in [2.05, 4.69) is 29.2 Å². The van der Waals surface area contributed by atoms with Gasteiger partial charge in [0.05, 0.1) is 12.1 Å². The van der Waals surface area contributed by atoms with Gasteiger partial charge in [0, 0.05) is 25.3 Å². The Morgan fingerprint density at radius 3 is 2.23 bits per heavy atom. The monoisotopic (exact) mass is 352 g/mol. The predicted octanol–water partition coefficient (Wildman–Crippen LogP) is 3.24. The second-order valence-electron chi connectivity index (χ2n) is 7.72. The van der Waals surface area contributed by atoms with Crippen LogP contribution in [0.4, 0.5) is 5.69 Å². The number of piperazine rings is 1. The number of hydrogen-bond acceptors (Lipinski definition) is 3. The van der Waals surface area contributed by atoms with Gasteiger partial charge in [0.2, 0.25) is 5.91 Å². The van der Waals surface area contributed by atoms with Crippen LogP contribution in [0.15, 0.2) is 54.6 Å². The maximum absolute atomic E-state index is 12.5. The minimum atomic E-state index is -0.628. The number of para-hydroxylation sites is 1. The molecule has 1 fully saturated rings. The summed E-state index contributed by atoms with van der Waals surface area (Å²) in [6, 6.07) is 18.4. The van der Waals surface area contributed by atoms with E-state index in [1.807, 2.05) is 49.1 Å². The smallest absolute Gasteiger partial charge is 0.241 e. The van der Waals surface area contributed by atoms with E-state index in [0.29, 0.717) is 6.54 Å². The number of benzene rings is 2. The van der Waals surface area contributed by atoms with E-state index >= 15 is 0 Å². The standard InChI is InChI=1S/C22H28N2O2/c1-22(2,26)13-12-18-8-10-19(11-9-18)16-23-14-15-24(21(25)17-23)20-6-4-3-5-7-20/h3-11,26H,12-17H2,1-2H3. The van der Waals surface area contributed by atoms with Crippen molar-refractivity contribution >= 4 is 11.6 Å². The lowest BCUT2D eigenvalue weighted by Crippen LogP contribution is -2.50. The van der Waals surface area contributed by atoms with Gasteiger partial charge in [-0.25, -0.2) is 0 Å². The molecule has 0 aliphatic carbocycles. The number of amides is 1. The molecule has 26 heavy (non-hydrogen) atoms. The number of carbonyl (C=O) groups is 1. The Morgan fingerprint density at radius 2 is 1.62 bits per heavy atom. The molecule has 4 nitrogen and oxygen atoms in total. The van der Waals surface area contributed by atoms with Crippen LogP contribution in [0.25, 0.3) is 0 Å². The van der Waals surface area contributed by atoms with Gasteiger partial charge in [-0.1, -0.05) is 42.5 Å². The van der Waals surface area contributed by atoms with Gasteiger partial charge in [-0.05, 0) is 49.9 Å². The molecule has 0 spiro atoms. The zero-order valence-corrected chi connectivity index (χ0v) is 15.7. The molecule has 1 amide bonds. The summed E-state index contributed by atoms with van der Waals surface area (Å²) in [5, 5.41) is 9.84. The number of nitrogens with zero attached hydrogens (tertiary/aromatic N) is 2. The Kier molecular flexibility index (Phi) is 5.74. The molecule has 1 aliphatic heterocycles. The van der Waals surface area contributed by atoms with E-state index in [1.165, 1.54) is 11.1 Å². The van der Waals surface area contributed by atoms with E-state index < -0.39 is 5.60 Å². The second-order valence-corrected chi connectivity index (χ2v) is 7.72. The van der Waals surface area contributed by atoms with Gasteiger partial charge >= 0.3 is 0 Å². The molecule has 1 N–H and O–H groups in total. The van der Waals surface area contributed by atoms with Crippen LogP contribution in [-0.2, 0) is 17.8 Å². The van der Waals surface area contributed by atoms with Gasteiger partial charge in [0.1, 0.15) is 0 Å². The average Bonchev–Trinajstić information content (AvgIpc) is 2.61. The van der Waals surface area contributed by atoms with E-state index in [4.69, 9.17) is 0 Å². The molecule has 0 unspecified atom stereocenters. The molecule has 0 aromatic heterocycles. The molecular formula is C22H28N2O2. The molecular weight excluding hydrogens is 324 g/mol. The third kappa shape index (κ3) is 5.16. The van der Waals surface area contributed by atoms with Crippen molar-refractivity contribution in [3.8, 4) is 0 Å². The SMILES string of the molecule is CC(C)(O)CCc1ccc(CN2CCN(c3ccccc3)C(=O)C2)cc1. The van der Waals surface area contributed by atoms with E-state index in [0.717, 1.165) is 38.2 Å². The lowest BCUT2D eigenvalue weighted by atomic mass is 9.98. The molecule has 0 atom stereocenters. The van der Waals surface area contributed by atoms with Crippen LogP contribution in [-0.4, -0.2) is 41.1 Å². The number of aryl methyl sites for hydroxylation is 1. The Bertz CT molecular complexity index is 720. The maximum atomic E-state index is 12.5. The number of aliphatic hydroxyl groups is 1. The highest BCUT2D eigenvalue weighted by Gasteiger charge is 2.24. The van der Waals surface area contributed by atoms with Crippen LogP contribution in [0.1, 0.15) is 31.4 Å². The third-order valence-corrected chi connectivity index (χ3v) is 4.82.